The summed E-state index contributed by atoms with van der Waals surface area (Å²) in [5.74, 6) is 2.09. The molecule has 2 heterocycles. The number of rotatable bonds is 5. The third-order valence-corrected chi connectivity index (χ3v) is 4.12. The normalized spacial score (nSPS) is 18.7. The Morgan fingerprint density at radius 1 is 1.67 bits per heavy atom. The minimum Gasteiger partial charge on any atom is -0.316 e. The van der Waals surface area contributed by atoms with E-state index in [4.69, 9.17) is 0 Å². The van der Waals surface area contributed by atoms with Gasteiger partial charge in [-0.3, -0.25) is 8.89 Å². The zero-order chi connectivity index (χ0) is 10.7. The van der Waals surface area contributed by atoms with Crippen LogP contribution < -0.4 is 5.32 Å². The van der Waals surface area contributed by atoms with Crippen LogP contribution in [0.2, 0.25) is 0 Å². The van der Waals surface area contributed by atoms with Gasteiger partial charge in [-0.05, 0) is 12.8 Å². The number of hydrogen-bond donors (Lipinski definition) is 1. The molecular weight excluding hydrogens is 210 g/mol. The predicted octanol–water partition coefficient (Wildman–Crippen LogP) is 0.371. The second-order valence-corrected chi connectivity index (χ2v) is 5.48. The van der Waals surface area contributed by atoms with Gasteiger partial charge in [0, 0.05) is 47.9 Å². The van der Waals surface area contributed by atoms with E-state index in [1.807, 2.05) is 24.0 Å². The van der Waals surface area contributed by atoms with Crippen LogP contribution in [0.4, 0.5) is 0 Å². The van der Waals surface area contributed by atoms with Gasteiger partial charge in [0.05, 0.1) is 11.9 Å². The third kappa shape index (κ3) is 2.89. The molecule has 4 nitrogen and oxygen atoms in total. The molecule has 1 aromatic heterocycles. The molecule has 1 saturated heterocycles. The maximum absolute atomic E-state index is 11.8. The maximum Gasteiger partial charge on any atom is 0.0531 e. The smallest absolute Gasteiger partial charge is 0.0531 e. The van der Waals surface area contributed by atoms with Crippen LogP contribution in [0.25, 0.3) is 0 Å². The molecular formula is C10H17N3OS. The Kier molecular flexibility index (Phi) is 3.53. The number of aryl methyl sites for hydroxylation is 1. The van der Waals surface area contributed by atoms with Crippen LogP contribution in [0.5, 0.6) is 0 Å². The molecule has 2 rings (SSSR count). The molecule has 5 heteroatoms. The molecule has 0 saturated carbocycles. The lowest BCUT2D eigenvalue weighted by atomic mass is 10.1. The summed E-state index contributed by atoms with van der Waals surface area (Å²) in [7, 11) is -0.732. The van der Waals surface area contributed by atoms with E-state index in [-0.39, 0.29) is 0 Å². The molecule has 1 N–H and O–H groups in total. The van der Waals surface area contributed by atoms with Crippen LogP contribution in [-0.2, 0) is 23.1 Å². The number of hydrogen-bond acceptors (Lipinski definition) is 3. The Balaban J connectivity index is 1.82. The lowest BCUT2D eigenvalue weighted by Gasteiger charge is -2.26. The molecule has 0 radical (unpaired) electrons. The van der Waals surface area contributed by atoms with E-state index in [0.29, 0.717) is 11.7 Å². The van der Waals surface area contributed by atoms with E-state index in [9.17, 15) is 4.21 Å². The summed E-state index contributed by atoms with van der Waals surface area (Å²) >= 11 is 0. The molecule has 1 aromatic rings. The highest BCUT2D eigenvalue weighted by Gasteiger charge is 2.19. The number of nitrogens with one attached hydrogen (secondary N) is 1. The summed E-state index contributed by atoms with van der Waals surface area (Å²) in [6, 6.07) is 0. The minimum absolute atomic E-state index is 0.618. The van der Waals surface area contributed by atoms with Gasteiger partial charge in [0.25, 0.3) is 0 Å². The Labute approximate surface area is 92.5 Å². The first-order valence-electron chi connectivity index (χ1n) is 5.35. The molecule has 0 spiro atoms. The molecule has 0 amide bonds. The standard InChI is InChI=1S/C10H17N3OS/c1-2-13-6-10(5-12-13)8-15(14)7-9-3-11-4-9/h5-6,9,11H,2-4,7-8H2,1H3. The van der Waals surface area contributed by atoms with Gasteiger partial charge >= 0.3 is 0 Å². The predicted molar refractivity (Wildman–Crippen MR) is 61.0 cm³/mol. The van der Waals surface area contributed by atoms with Crippen molar-refractivity contribution >= 4 is 10.8 Å². The summed E-state index contributed by atoms with van der Waals surface area (Å²) in [6.07, 6.45) is 3.80. The molecule has 1 fully saturated rings. The van der Waals surface area contributed by atoms with Gasteiger partial charge in [0.1, 0.15) is 0 Å². The minimum atomic E-state index is -0.732. The van der Waals surface area contributed by atoms with Gasteiger partial charge in [-0.2, -0.15) is 5.10 Å². The summed E-state index contributed by atoms with van der Waals surface area (Å²) in [5, 5.41) is 7.36. The topological polar surface area (TPSA) is 46.9 Å². The third-order valence-electron chi connectivity index (χ3n) is 2.63. The molecule has 1 aliphatic rings. The van der Waals surface area contributed by atoms with Crippen LogP contribution in [-0.4, -0.2) is 32.8 Å². The van der Waals surface area contributed by atoms with Crippen molar-refractivity contribution in [2.45, 2.75) is 19.2 Å². The van der Waals surface area contributed by atoms with Crippen molar-refractivity contribution in [1.82, 2.24) is 15.1 Å². The largest absolute Gasteiger partial charge is 0.316 e. The monoisotopic (exact) mass is 227 g/mol. The number of nitrogens with zero attached hydrogens (tertiary/aromatic N) is 2. The van der Waals surface area contributed by atoms with Crippen molar-refractivity contribution in [3.05, 3.63) is 18.0 Å². The van der Waals surface area contributed by atoms with Crippen LogP contribution >= 0.6 is 0 Å². The molecule has 1 atom stereocenters. The summed E-state index contributed by atoms with van der Waals surface area (Å²) < 4.78 is 13.6. The highest BCUT2D eigenvalue weighted by atomic mass is 32.2. The second kappa shape index (κ2) is 4.90. The Hall–Kier alpha value is -0.680. The van der Waals surface area contributed by atoms with Crippen molar-refractivity contribution in [2.75, 3.05) is 18.8 Å². The fraction of sp³-hybridized carbons (Fsp3) is 0.700. The van der Waals surface area contributed by atoms with Crippen molar-refractivity contribution in [2.24, 2.45) is 5.92 Å². The summed E-state index contributed by atoms with van der Waals surface area (Å²) in [5.41, 5.74) is 1.09. The van der Waals surface area contributed by atoms with Gasteiger partial charge in [-0.1, -0.05) is 0 Å². The lowest BCUT2D eigenvalue weighted by molar-refractivity contribution is 0.382. The molecule has 0 aromatic carbocycles. The second-order valence-electron chi connectivity index (χ2n) is 3.98. The van der Waals surface area contributed by atoms with Crippen LogP contribution in [0, 0.1) is 5.92 Å². The molecule has 0 bridgehead atoms. The van der Waals surface area contributed by atoms with Crippen molar-refractivity contribution in [3.8, 4) is 0 Å². The quantitative estimate of drug-likeness (QED) is 0.790. The fourth-order valence-electron chi connectivity index (χ4n) is 1.63. The highest BCUT2D eigenvalue weighted by molar-refractivity contribution is 7.84. The SMILES string of the molecule is CCn1cc(CS(=O)CC2CNC2)cn1. The first-order chi connectivity index (χ1) is 7.28. The van der Waals surface area contributed by atoms with Crippen LogP contribution in [0.15, 0.2) is 12.4 Å². The maximum atomic E-state index is 11.8. The average molecular weight is 227 g/mol. The summed E-state index contributed by atoms with van der Waals surface area (Å²) in [6.45, 7) is 4.98. The van der Waals surface area contributed by atoms with E-state index < -0.39 is 10.8 Å². The zero-order valence-corrected chi connectivity index (χ0v) is 9.80. The van der Waals surface area contributed by atoms with Gasteiger partial charge < -0.3 is 5.32 Å². The van der Waals surface area contributed by atoms with E-state index in [2.05, 4.69) is 10.4 Å². The molecule has 1 aliphatic heterocycles. The Morgan fingerprint density at radius 2 is 2.47 bits per heavy atom. The zero-order valence-electron chi connectivity index (χ0n) is 8.98. The van der Waals surface area contributed by atoms with Gasteiger partial charge in [0.15, 0.2) is 0 Å². The van der Waals surface area contributed by atoms with E-state index in [0.717, 1.165) is 31.0 Å². The first kappa shape index (κ1) is 10.8. The van der Waals surface area contributed by atoms with Crippen LogP contribution in [0.3, 0.4) is 0 Å². The van der Waals surface area contributed by atoms with Crippen molar-refractivity contribution < 1.29 is 4.21 Å². The Bertz CT molecular complexity index is 346. The highest BCUT2D eigenvalue weighted by Crippen LogP contribution is 2.09. The lowest BCUT2D eigenvalue weighted by Crippen LogP contribution is -2.44. The van der Waals surface area contributed by atoms with E-state index in [1.165, 1.54) is 0 Å². The van der Waals surface area contributed by atoms with Gasteiger partial charge in [0.2, 0.25) is 0 Å². The molecule has 84 valence electrons. The fourth-order valence-corrected chi connectivity index (χ4v) is 3.03. The van der Waals surface area contributed by atoms with Gasteiger partial charge in [-0.15, -0.1) is 0 Å². The van der Waals surface area contributed by atoms with Gasteiger partial charge in [-0.25, -0.2) is 0 Å². The average Bonchev–Trinajstić information content (AvgIpc) is 2.59. The van der Waals surface area contributed by atoms with E-state index in [1.54, 1.807) is 0 Å². The van der Waals surface area contributed by atoms with E-state index >= 15 is 0 Å². The molecule has 0 aliphatic carbocycles. The molecule has 15 heavy (non-hydrogen) atoms. The number of aromatic nitrogens is 2. The van der Waals surface area contributed by atoms with Crippen molar-refractivity contribution in [1.29, 1.82) is 0 Å². The molecule has 1 unspecified atom stereocenters. The summed E-state index contributed by atoms with van der Waals surface area (Å²) in [4.78, 5) is 0. The van der Waals surface area contributed by atoms with Crippen molar-refractivity contribution in [3.63, 3.8) is 0 Å². The first-order valence-corrected chi connectivity index (χ1v) is 6.83. The Morgan fingerprint density at radius 3 is 3.00 bits per heavy atom. The van der Waals surface area contributed by atoms with Crippen LogP contribution in [0.1, 0.15) is 12.5 Å².